The molecule has 0 bridgehead atoms. The van der Waals surface area contributed by atoms with Crippen molar-refractivity contribution in [3.05, 3.63) is 23.8 Å². The lowest BCUT2D eigenvalue weighted by Gasteiger charge is -2.32. The van der Waals surface area contributed by atoms with Gasteiger partial charge < -0.3 is 19.6 Å². The Balaban J connectivity index is 1.77. The Labute approximate surface area is 122 Å². The predicted octanol–water partition coefficient (Wildman–Crippen LogP) is 1.97. The molecule has 0 saturated carbocycles. The fourth-order valence-electron chi connectivity index (χ4n) is 2.56. The van der Waals surface area contributed by atoms with Crippen molar-refractivity contribution in [3.63, 3.8) is 0 Å². The fourth-order valence-corrected chi connectivity index (χ4v) is 2.56. The Bertz CT molecular complexity index is 415. The average molecular weight is 278 g/mol. The molecular weight excluding hydrogens is 252 g/mol. The molecule has 0 unspecified atom stereocenters. The zero-order valence-electron chi connectivity index (χ0n) is 12.6. The second-order valence-electron chi connectivity index (χ2n) is 5.48. The molecule has 0 spiro atoms. The maximum atomic E-state index is 9.68. The number of aryl methyl sites for hydroxylation is 1. The number of ether oxygens (including phenoxy) is 1. The van der Waals surface area contributed by atoms with Gasteiger partial charge in [-0.3, -0.25) is 0 Å². The third kappa shape index (κ3) is 4.39. The van der Waals surface area contributed by atoms with Crippen molar-refractivity contribution >= 4 is 0 Å². The van der Waals surface area contributed by atoms with Gasteiger partial charge in [-0.05, 0) is 51.1 Å². The zero-order valence-corrected chi connectivity index (χ0v) is 12.6. The van der Waals surface area contributed by atoms with Crippen LogP contribution in [0.25, 0.3) is 0 Å². The van der Waals surface area contributed by atoms with Gasteiger partial charge in [0, 0.05) is 26.2 Å². The van der Waals surface area contributed by atoms with Gasteiger partial charge in [0.2, 0.25) is 0 Å². The first-order valence-electron chi connectivity index (χ1n) is 7.54. The Morgan fingerprint density at radius 3 is 2.65 bits per heavy atom. The molecule has 0 amide bonds. The van der Waals surface area contributed by atoms with Gasteiger partial charge in [0.05, 0.1) is 6.61 Å². The van der Waals surface area contributed by atoms with Crippen molar-refractivity contribution in [1.29, 1.82) is 0 Å². The third-order valence-electron chi connectivity index (χ3n) is 3.86. The highest BCUT2D eigenvalue weighted by molar-refractivity contribution is 5.41. The average Bonchev–Trinajstić information content (AvgIpc) is 2.45. The van der Waals surface area contributed by atoms with E-state index in [-0.39, 0.29) is 5.75 Å². The van der Waals surface area contributed by atoms with Crippen LogP contribution in [0.1, 0.15) is 18.9 Å². The zero-order chi connectivity index (χ0) is 14.4. The van der Waals surface area contributed by atoms with Gasteiger partial charge in [0.1, 0.15) is 0 Å². The Morgan fingerprint density at radius 1 is 1.20 bits per heavy atom. The van der Waals surface area contributed by atoms with Crippen molar-refractivity contribution in [2.75, 3.05) is 46.4 Å². The lowest BCUT2D eigenvalue weighted by Crippen LogP contribution is -2.44. The number of rotatable bonds is 6. The minimum absolute atomic E-state index is 0.231. The maximum Gasteiger partial charge on any atom is 0.161 e. The van der Waals surface area contributed by atoms with Crippen molar-refractivity contribution < 1.29 is 9.84 Å². The topological polar surface area (TPSA) is 35.9 Å². The minimum atomic E-state index is 0.231. The molecule has 4 nitrogen and oxygen atoms in total. The van der Waals surface area contributed by atoms with Gasteiger partial charge in [-0.25, -0.2) is 0 Å². The summed E-state index contributed by atoms with van der Waals surface area (Å²) in [5, 5.41) is 9.68. The smallest absolute Gasteiger partial charge is 0.161 e. The molecule has 2 rings (SSSR count). The highest BCUT2D eigenvalue weighted by Crippen LogP contribution is 2.27. The van der Waals surface area contributed by atoms with Crippen molar-refractivity contribution in [1.82, 2.24) is 9.80 Å². The summed E-state index contributed by atoms with van der Waals surface area (Å²) in [4.78, 5) is 4.91. The molecule has 0 atom stereocenters. The number of piperazine rings is 1. The second kappa shape index (κ2) is 7.50. The number of likely N-dealkylation sites (N-methyl/N-ethyl adjacent to an activating group) is 1. The van der Waals surface area contributed by atoms with Crippen molar-refractivity contribution in [3.8, 4) is 11.5 Å². The molecule has 0 aromatic heterocycles. The van der Waals surface area contributed by atoms with Crippen LogP contribution in [0.3, 0.4) is 0 Å². The van der Waals surface area contributed by atoms with Crippen LogP contribution in [0.2, 0.25) is 0 Å². The van der Waals surface area contributed by atoms with Crippen LogP contribution in [0.15, 0.2) is 18.2 Å². The highest BCUT2D eigenvalue weighted by Gasteiger charge is 2.13. The van der Waals surface area contributed by atoms with Gasteiger partial charge in [-0.1, -0.05) is 6.07 Å². The predicted molar refractivity (Wildman–Crippen MR) is 81.5 cm³/mol. The normalized spacial score (nSPS) is 17.3. The standard InChI is InChI=1S/C16H26N2O2/c1-3-20-16-13-14(6-7-15(16)19)5-4-8-18-11-9-17(2)10-12-18/h6-7,13,19H,3-5,8-12H2,1-2H3. The molecule has 4 heteroatoms. The molecular formula is C16H26N2O2. The Hall–Kier alpha value is -1.26. The van der Waals surface area contributed by atoms with Crippen LogP contribution in [-0.2, 0) is 6.42 Å². The van der Waals surface area contributed by atoms with Crippen LogP contribution in [-0.4, -0.2) is 61.3 Å². The molecule has 1 N–H and O–H groups in total. The number of nitrogens with zero attached hydrogens (tertiary/aromatic N) is 2. The molecule has 1 aliphatic rings. The van der Waals surface area contributed by atoms with Crippen LogP contribution >= 0.6 is 0 Å². The van der Waals surface area contributed by atoms with E-state index in [4.69, 9.17) is 4.74 Å². The molecule has 0 radical (unpaired) electrons. The molecule has 1 aromatic carbocycles. The summed E-state index contributed by atoms with van der Waals surface area (Å²) >= 11 is 0. The van der Waals surface area contributed by atoms with E-state index in [1.165, 1.54) is 31.7 Å². The third-order valence-corrected chi connectivity index (χ3v) is 3.86. The molecule has 1 aromatic rings. The van der Waals surface area contributed by atoms with E-state index >= 15 is 0 Å². The number of hydrogen-bond donors (Lipinski definition) is 1. The van der Waals surface area contributed by atoms with Gasteiger partial charge >= 0.3 is 0 Å². The number of phenols is 1. The highest BCUT2D eigenvalue weighted by atomic mass is 16.5. The van der Waals surface area contributed by atoms with Crippen LogP contribution in [0.5, 0.6) is 11.5 Å². The van der Waals surface area contributed by atoms with Crippen LogP contribution in [0, 0.1) is 0 Å². The first-order chi connectivity index (χ1) is 9.69. The number of hydrogen-bond acceptors (Lipinski definition) is 4. The number of aromatic hydroxyl groups is 1. The van der Waals surface area contributed by atoms with E-state index in [1.807, 2.05) is 19.1 Å². The van der Waals surface area contributed by atoms with Crippen LogP contribution in [0.4, 0.5) is 0 Å². The number of benzene rings is 1. The van der Waals surface area contributed by atoms with Crippen molar-refractivity contribution in [2.24, 2.45) is 0 Å². The fraction of sp³-hybridized carbons (Fsp3) is 0.625. The van der Waals surface area contributed by atoms with Gasteiger partial charge in [-0.15, -0.1) is 0 Å². The molecule has 1 saturated heterocycles. The summed E-state index contributed by atoms with van der Waals surface area (Å²) in [6.07, 6.45) is 2.19. The van der Waals surface area contributed by atoms with E-state index in [0.29, 0.717) is 12.4 Å². The molecule has 1 aliphatic heterocycles. The molecule has 1 heterocycles. The van der Waals surface area contributed by atoms with E-state index in [9.17, 15) is 5.11 Å². The van der Waals surface area contributed by atoms with Crippen LogP contribution < -0.4 is 4.74 Å². The molecule has 1 fully saturated rings. The van der Waals surface area contributed by atoms with E-state index in [1.54, 1.807) is 6.07 Å². The molecule has 112 valence electrons. The van der Waals surface area contributed by atoms with E-state index in [2.05, 4.69) is 16.8 Å². The van der Waals surface area contributed by atoms with Gasteiger partial charge in [0.15, 0.2) is 11.5 Å². The van der Waals surface area contributed by atoms with Gasteiger partial charge in [-0.2, -0.15) is 0 Å². The lowest BCUT2D eigenvalue weighted by atomic mass is 10.1. The first kappa shape index (κ1) is 15.1. The summed E-state index contributed by atoms with van der Waals surface area (Å²) in [5.41, 5.74) is 1.24. The summed E-state index contributed by atoms with van der Waals surface area (Å²) in [5.74, 6) is 0.833. The summed E-state index contributed by atoms with van der Waals surface area (Å²) in [6, 6.07) is 5.68. The molecule has 0 aliphatic carbocycles. The summed E-state index contributed by atoms with van der Waals surface area (Å²) < 4.78 is 5.42. The SMILES string of the molecule is CCOc1cc(CCCN2CCN(C)CC2)ccc1O. The summed E-state index contributed by atoms with van der Waals surface area (Å²) in [6.45, 7) is 8.37. The van der Waals surface area contributed by atoms with Crippen molar-refractivity contribution in [2.45, 2.75) is 19.8 Å². The van der Waals surface area contributed by atoms with E-state index < -0.39 is 0 Å². The quantitative estimate of drug-likeness (QED) is 0.863. The Kier molecular flexibility index (Phi) is 5.68. The summed E-state index contributed by atoms with van der Waals surface area (Å²) in [7, 11) is 2.18. The van der Waals surface area contributed by atoms with Gasteiger partial charge in [0.25, 0.3) is 0 Å². The first-order valence-corrected chi connectivity index (χ1v) is 7.54. The Morgan fingerprint density at radius 2 is 1.95 bits per heavy atom. The molecule has 20 heavy (non-hydrogen) atoms. The number of phenolic OH excluding ortho intramolecular Hbond substituents is 1. The minimum Gasteiger partial charge on any atom is -0.504 e. The lowest BCUT2D eigenvalue weighted by molar-refractivity contribution is 0.153. The second-order valence-corrected chi connectivity index (χ2v) is 5.48. The maximum absolute atomic E-state index is 9.68. The monoisotopic (exact) mass is 278 g/mol. The van der Waals surface area contributed by atoms with E-state index in [0.717, 1.165) is 19.4 Å². The largest absolute Gasteiger partial charge is 0.504 e.